The SMILES string of the molecule is CC(C)(C)OC(=O)NCCC(=O)NNC(=O)[C@H]1C[C@@H]1c1cccc(Br)c1. The Morgan fingerprint density at radius 1 is 1.23 bits per heavy atom. The fraction of sp³-hybridized carbons (Fsp3) is 0.500. The Labute approximate surface area is 161 Å². The van der Waals surface area contributed by atoms with Gasteiger partial charge in [-0.3, -0.25) is 20.4 Å². The van der Waals surface area contributed by atoms with E-state index >= 15 is 0 Å². The lowest BCUT2D eigenvalue weighted by Gasteiger charge is -2.19. The standard InChI is InChI=1S/C18H24BrN3O4/c1-18(2,3)26-17(25)20-8-7-15(23)21-22-16(24)14-10-13(14)11-5-4-6-12(19)9-11/h4-6,9,13-14H,7-8,10H2,1-3H3,(H,20,25)(H,21,23)(H,22,24)/t13-,14+/m1/s1. The fourth-order valence-corrected chi connectivity index (χ4v) is 2.89. The summed E-state index contributed by atoms with van der Waals surface area (Å²) in [4.78, 5) is 35.3. The van der Waals surface area contributed by atoms with Gasteiger partial charge in [0.25, 0.3) is 0 Å². The third kappa shape index (κ3) is 6.67. The maximum atomic E-state index is 12.1. The minimum Gasteiger partial charge on any atom is -0.444 e. The van der Waals surface area contributed by atoms with Crippen molar-refractivity contribution in [3.63, 3.8) is 0 Å². The molecule has 0 radical (unpaired) electrons. The number of nitrogens with one attached hydrogen (secondary N) is 3. The molecular weight excluding hydrogens is 402 g/mol. The van der Waals surface area contributed by atoms with Gasteiger partial charge in [0, 0.05) is 23.4 Å². The van der Waals surface area contributed by atoms with E-state index in [2.05, 4.69) is 32.1 Å². The zero-order valence-corrected chi connectivity index (χ0v) is 16.7. The molecule has 2 rings (SSSR count). The summed E-state index contributed by atoms with van der Waals surface area (Å²) in [5, 5.41) is 2.49. The molecule has 0 aliphatic heterocycles. The second kappa shape index (κ2) is 8.53. The first kappa shape index (κ1) is 20.2. The highest BCUT2D eigenvalue weighted by Crippen LogP contribution is 2.47. The van der Waals surface area contributed by atoms with Crippen molar-refractivity contribution < 1.29 is 19.1 Å². The molecule has 0 unspecified atom stereocenters. The highest BCUT2D eigenvalue weighted by atomic mass is 79.9. The highest BCUT2D eigenvalue weighted by Gasteiger charge is 2.44. The number of alkyl carbamates (subject to hydrolysis) is 1. The predicted octanol–water partition coefficient (Wildman–Crippen LogP) is 2.61. The Morgan fingerprint density at radius 2 is 1.96 bits per heavy atom. The van der Waals surface area contributed by atoms with Gasteiger partial charge in [-0.2, -0.15) is 0 Å². The van der Waals surface area contributed by atoms with Crippen molar-refractivity contribution in [1.29, 1.82) is 0 Å². The van der Waals surface area contributed by atoms with Gasteiger partial charge in [-0.05, 0) is 50.8 Å². The van der Waals surface area contributed by atoms with E-state index in [1.807, 2.05) is 24.3 Å². The summed E-state index contributed by atoms with van der Waals surface area (Å²) in [6.45, 7) is 5.40. The van der Waals surface area contributed by atoms with E-state index < -0.39 is 11.7 Å². The van der Waals surface area contributed by atoms with Gasteiger partial charge in [0.05, 0.1) is 0 Å². The molecule has 1 fully saturated rings. The van der Waals surface area contributed by atoms with Crippen LogP contribution in [0.25, 0.3) is 0 Å². The van der Waals surface area contributed by atoms with Crippen LogP contribution in [0.1, 0.15) is 45.1 Å². The minimum absolute atomic E-state index is 0.0409. The summed E-state index contributed by atoms with van der Waals surface area (Å²) in [5.41, 5.74) is 5.33. The van der Waals surface area contributed by atoms with Gasteiger partial charge in [-0.1, -0.05) is 28.1 Å². The van der Waals surface area contributed by atoms with Crippen LogP contribution in [0.4, 0.5) is 4.79 Å². The number of hydrazine groups is 1. The Kier molecular flexibility index (Phi) is 6.63. The molecule has 0 saturated heterocycles. The Balaban J connectivity index is 1.64. The summed E-state index contributed by atoms with van der Waals surface area (Å²) in [6.07, 6.45) is 0.224. The molecule has 2 atom stereocenters. The topological polar surface area (TPSA) is 96.5 Å². The minimum atomic E-state index is -0.588. The van der Waals surface area contributed by atoms with Gasteiger partial charge in [-0.25, -0.2) is 4.79 Å². The van der Waals surface area contributed by atoms with E-state index in [9.17, 15) is 14.4 Å². The Hall–Kier alpha value is -2.09. The van der Waals surface area contributed by atoms with Crippen LogP contribution in [0.15, 0.2) is 28.7 Å². The van der Waals surface area contributed by atoms with Gasteiger partial charge < -0.3 is 10.1 Å². The van der Waals surface area contributed by atoms with E-state index in [1.165, 1.54) is 0 Å². The monoisotopic (exact) mass is 425 g/mol. The van der Waals surface area contributed by atoms with E-state index in [4.69, 9.17) is 4.74 Å². The van der Waals surface area contributed by atoms with Gasteiger partial charge >= 0.3 is 6.09 Å². The third-order valence-corrected chi connectivity index (χ3v) is 4.24. The lowest BCUT2D eigenvalue weighted by atomic mass is 10.1. The summed E-state index contributed by atoms with van der Waals surface area (Å²) in [5.74, 6) is -0.541. The lowest BCUT2D eigenvalue weighted by molar-refractivity contribution is -0.129. The average molecular weight is 426 g/mol. The van der Waals surface area contributed by atoms with Crippen molar-refractivity contribution in [2.24, 2.45) is 5.92 Å². The van der Waals surface area contributed by atoms with Crippen LogP contribution in [0.2, 0.25) is 0 Å². The normalized spacial score (nSPS) is 18.6. The van der Waals surface area contributed by atoms with Crippen LogP contribution in [-0.4, -0.2) is 30.1 Å². The van der Waals surface area contributed by atoms with Crippen molar-refractivity contribution in [2.45, 2.75) is 45.1 Å². The molecule has 1 saturated carbocycles. The molecule has 7 nitrogen and oxygen atoms in total. The van der Waals surface area contributed by atoms with Crippen molar-refractivity contribution in [3.05, 3.63) is 34.3 Å². The van der Waals surface area contributed by atoms with Crippen LogP contribution < -0.4 is 16.2 Å². The zero-order valence-electron chi connectivity index (χ0n) is 15.1. The number of hydrogen-bond acceptors (Lipinski definition) is 4. The molecule has 26 heavy (non-hydrogen) atoms. The Morgan fingerprint density at radius 3 is 2.62 bits per heavy atom. The number of rotatable bonds is 5. The molecule has 1 aliphatic carbocycles. The fourth-order valence-electron chi connectivity index (χ4n) is 2.47. The number of amides is 3. The number of hydrogen-bond donors (Lipinski definition) is 3. The first-order valence-corrected chi connectivity index (χ1v) is 9.26. The Bertz CT molecular complexity index is 687. The maximum absolute atomic E-state index is 12.1. The second-order valence-electron chi connectivity index (χ2n) is 7.22. The second-order valence-corrected chi connectivity index (χ2v) is 8.14. The molecule has 0 aromatic heterocycles. The van der Waals surface area contributed by atoms with E-state index in [0.29, 0.717) is 0 Å². The largest absolute Gasteiger partial charge is 0.444 e. The van der Waals surface area contributed by atoms with Crippen molar-refractivity contribution in [2.75, 3.05) is 6.54 Å². The van der Waals surface area contributed by atoms with Gasteiger partial charge in [-0.15, -0.1) is 0 Å². The van der Waals surface area contributed by atoms with E-state index in [1.54, 1.807) is 20.8 Å². The van der Waals surface area contributed by atoms with Gasteiger partial charge in [0.15, 0.2) is 0 Å². The summed E-state index contributed by atoms with van der Waals surface area (Å²) in [6, 6.07) is 7.86. The predicted molar refractivity (Wildman–Crippen MR) is 100 cm³/mol. The van der Waals surface area contributed by atoms with Crippen molar-refractivity contribution >= 4 is 33.8 Å². The van der Waals surface area contributed by atoms with E-state index in [-0.39, 0.29) is 36.6 Å². The molecule has 142 valence electrons. The average Bonchev–Trinajstić information content (AvgIpc) is 3.31. The smallest absolute Gasteiger partial charge is 0.407 e. The molecule has 1 aromatic carbocycles. The maximum Gasteiger partial charge on any atom is 0.407 e. The van der Waals surface area contributed by atoms with Crippen LogP contribution in [0, 0.1) is 5.92 Å². The summed E-state index contributed by atoms with van der Waals surface area (Å²) < 4.78 is 6.04. The molecule has 0 bridgehead atoms. The van der Waals surface area contributed by atoms with Crippen LogP contribution in [0.5, 0.6) is 0 Å². The number of benzene rings is 1. The highest BCUT2D eigenvalue weighted by molar-refractivity contribution is 9.10. The number of halogens is 1. The third-order valence-electron chi connectivity index (χ3n) is 3.75. The van der Waals surface area contributed by atoms with Crippen LogP contribution in [-0.2, 0) is 14.3 Å². The van der Waals surface area contributed by atoms with Crippen LogP contribution >= 0.6 is 15.9 Å². The molecule has 0 heterocycles. The zero-order chi connectivity index (χ0) is 19.3. The first-order chi connectivity index (χ1) is 12.2. The van der Waals surface area contributed by atoms with Gasteiger partial charge in [0.2, 0.25) is 11.8 Å². The van der Waals surface area contributed by atoms with Crippen molar-refractivity contribution in [1.82, 2.24) is 16.2 Å². The summed E-state index contributed by atoms with van der Waals surface area (Å²) >= 11 is 3.42. The molecule has 0 spiro atoms. The molecule has 1 aromatic rings. The number of carbonyl (C=O) groups is 3. The summed E-state index contributed by atoms with van der Waals surface area (Å²) in [7, 11) is 0. The van der Waals surface area contributed by atoms with E-state index in [0.717, 1.165) is 16.5 Å². The number of carbonyl (C=O) groups excluding carboxylic acids is 3. The number of ether oxygens (including phenoxy) is 1. The van der Waals surface area contributed by atoms with Gasteiger partial charge in [0.1, 0.15) is 5.60 Å². The molecule has 1 aliphatic rings. The molecule has 8 heteroatoms. The van der Waals surface area contributed by atoms with Crippen molar-refractivity contribution in [3.8, 4) is 0 Å². The quantitative estimate of drug-likeness (QED) is 0.631. The lowest BCUT2D eigenvalue weighted by Crippen LogP contribution is -2.44. The molecule has 3 amide bonds. The van der Waals surface area contributed by atoms with Crippen LogP contribution in [0.3, 0.4) is 0 Å². The molecule has 3 N–H and O–H groups in total. The molecular formula is C18H24BrN3O4. The first-order valence-electron chi connectivity index (χ1n) is 8.47.